The van der Waals surface area contributed by atoms with Crippen molar-refractivity contribution in [3.63, 3.8) is 0 Å². The Labute approximate surface area is 143 Å². The number of nitrogen functional groups attached to an aromatic ring is 1. The Morgan fingerprint density at radius 3 is 2.88 bits per heavy atom. The van der Waals surface area contributed by atoms with Gasteiger partial charge in [0.25, 0.3) is 0 Å². The van der Waals surface area contributed by atoms with Gasteiger partial charge in [0.2, 0.25) is 0 Å². The summed E-state index contributed by atoms with van der Waals surface area (Å²) in [6.07, 6.45) is -0.0775. The summed E-state index contributed by atoms with van der Waals surface area (Å²) in [5.74, 6) is -0.552. The van der Waals surface area contributed by atoms with E-state index in [1.54, 1.807) is 18.4 Å². The lowest BCUT2D eigenvalue weighted by atomic mass is 10.0. The zero-order valence-corrected chi connectivity index (χ0v) is 13.9. The van der Waals surface area contributed by atoms with E-state index >= 15 is 0 Å². The third kappa shape index (κ3) is 2.75. The van der Waals surface area contributed by atoms with Gasteiger partial charge in [-0.15, -0.1) is 0 Å². The van der Waals surface area contributed by atoms with Crippen LogP contribution in [0.1, 0.15) is 26.5 Å². The maximum absolute atomic E-state index is 10.3. The maximum Gasteiger partial charge on any atom is 0.167 e. The summed E-state index contributed by atoms with van der Waals surface area (Å²) >= 11 is 0. The van der Waals surface area contributed by atoms with E-state index in [0.717, 1.165) is 0 Å². The number of ether oxygens (including phenoxy) is 3. The molecule has 2 aliphatic heterocycles. The SMILES string of the molecule is CC1(C)O[C@H]2[C@H](n3cnc4c(N)ncnc43)O[C@H](CO)[C@@H](O)C[C@H]2O1. The second-order valence-corrected chi connectivity index (χ2v) is 6.77. The number of fused-ring (bicyclic) bond motifs is 2. The molecule has 4 heterocycles. The van der Waals surface area contributed by atoms with E-state index in [-0.39, 0.29) is 12.4 Å². The molecule has 0 aliphatic carbocycles. The zero-order valence-electron chi connectivity index (χ0n) is 13.9. The predicted octanol–water partition coefficient (Wildman–Crippen LogP) is -0.431. The molecule has 0 radical (unpaired) electrons. The van der Waals surface area contributed by atoms with E-state index < -0.39 is 36.4 Å². The molecule has 25 heavy (non-hydrogen) atoms. The molecule has 0 saturated carbocycles. The van der Waals surface area contributed by atoms with E-state index in [9.17, 15) is 10.2 Å². The number of aliphatic hydroxyl groups is 2. The van der Waals surface area contributed by atoms with Crippen LogP contribution in [0.3, 0.4) is 0 Å². The Balaban J connectivity index is 1.79. The number of hydrogen-bond donors (Lipinski definition) is 3. The van der Waals surface area contributed by atoms with Gasteiger partial charge in [-0.3, -0.25) is 4.57 Å². The fraction of sp³-hybridized carbons (Fsp3) is 0.667. The van der Waals surface area contributed by atoms with E-state index in [0.29, 0.717) is 17.6 Å². The summed E-state index contributed by atoms with van der Waals surface area (Å²) in [6, 6.07) is 0. The number of aromatic nitrogens is 4. The average Bonchev–Trinajstić information content (AvgIpc) is 3.07. The molecule has 4 rings (SSSR count). The van der Waals surface area contributed by atoms with Gasteiger partial charge < -0.3 is 30.2 Å². The van der Waals surface area contributed by atoms with Gasteiger partial charge in [-0.2, -0.15) is 0 Å². The maximum atomic E-state index is 10.3. The third-order valence-corrected chi connectivity index (χ3v) is 4.56. The Kier molecular flexibility index (Phi) is 3.89. The number of nitrogens with two attached hydrogens (primary N) is 1. The number of nitrogens with zero attached hydrogens (tertiary/aromatic N) is 4. The van der Waals surface area contributed by atoms with Gasteiger partial charge in [0.05, 0.1) is 25.1 Å². The summed E-state index contributed by atoms with van der Waals surface area (Å²) in [4.78, 5) is 12.4. The van der Waals surface area contributed by atoms with Crippen LogP contribution in [-0.4, -0.2) is 66.5 Å². The molecular weight excluding hydrogens is 330 g/mol. The van der Waals surface area contributed by atoms with Gasteiger partial charge in [-0.25, -0.2) is 15.0 Å². The number of hydrogen-bond acceptors (Lipinski definition) is 9. The molecular formula is C15H21N5O5. The number of aliphatic hydroxyl groups excluding tert-OH is 2. The second-order valence-electron chi connectivity index (χ2n) is 6.77. The third-order valence-electron chi connectivity index (χ3n) is 4.56. The molecule has 2 saturated heterocycles. The highest BCUT2D eigenvalue weighted by atomic mass is 16.8. The van der Waals surface area contributed by atoms with Crippen LogP contribution in [0.15, 0.2) is 12.7 Å². The van der Waals surface area contributed by atoms with Crippen LogP contribution in [0.25, 0.3) is 11.2 Å². The lowest BCUT2D eigenvalue weighted by Crippen LogP contribution is -2.36. The van der Waals surface area contributed by atoms with Crippen molar-refractivity contribution in [1.29, 1.82) is 0 Å². The number of imidazole rings is 1. The molecule has 2 aromatic rings. The minimum atomic E-state index is -0.880. The van der Waals surface area contributed by atoms with Gasteiger partial charge in [0, 0.05) is 6.42 Å². The van der Waals surface area contributed by atoms with Crippen molar-refractivity contribution in [2.24, 2.45) is 0 Å². The summed E-state index contributed by atoms with van der Waals surface area (Å²) in [5, 5.41) is 19.9. The molecule has 2 aliphatic rings. The Morgan fingerprint density at radius 2 is 2.12 bits per heavy atom. The number of rotatable bonds is 2. The van der Waals surface area contributed by atoms with Crippen molar-refractivity contribution < 1.29 is 24.4 Å². The molecule has 0 spiro atoms. The van der Waals surface area contributed by atoms with Crippen LogP contribution in [0.4, 0.5) is 5.82 Å². The standard InChI is InChI=1S/C15H21N5O5/c1-15(2)24-8-3-7(22)9(4-21)23-14(11(8)25-15)20-6-19-10-12(16)17-5-18-13(10)20/h5-9,11,14,21-22H,3-4H2,1-2H3,(H2,16,17,18)/t7-,8+,9+,11+,14+/m0/s1. The van der Waals surface area contributed by atoms with Crippen LogP contribution in [-0.2, 0) is 14.2 Å². The van der Waals surface area contributed by atoms with Crippen LogP contribution in [0, 0.1) is 0 Å². The highest BCUT2D eigenvalue weighted by Crippen LogP contribution is 2.40. The van der Waals surface area contributed by atoms with Crippen molar-refractivity contribution in [2.75, 3.05) is 12.3 Å². The monoisotopic (exact) mass is 351 g/mol. The molecule has 5 atom stereocenters. The molecule has 10 heteroatoms. The minimum Gasteiger partial charge on any atom is -0.394 e. The topological polar surface area (TPSA) is 138 Å². The van der Waals surface area contributed by atoms with Gasteiger partial charge in [-0.05, 0) is 13.8 Å². The van der Waals surface area contributed by atoms with E-state index in [2.05, 4.69) is 15.0 Å². The van der Waals surface area contributed by atoms with Crippen molar-refractivity contribution in [2.45, 2.75) is 56.7 Å². The van der Waals surface area contributed by atoms with Crippen molar-refractivity contribution >= 4 is 17.0 Å². The summed E-state index contributed by atoms with van der Waals surface area (Å²) < 4.78 is 19.6. The van der Waals surface area contributed by atoms with Gasteiger partial charge in [0.1, 0.15) is 24.1 Å². The van der Waals surface area contributed by atoms with E-state index in [4.69, 9.17) is 19.9 Å². The molecule has 0 bridgehead atoms. The quantitative estimate of drug-likeness (QED) is 0.658. The lowest BCUT2D eigenvalue weighted by Gasteiger charge is -2.28. The first-order valence-corrected chi connectivity index (χ1v) is 8.12. The highest BCUT2D eigenvalue weighted by Gasteiger charge is 2.51. The fourth-order valence-electron chi connectivity index (χ4n) is 3.47. The number of anilines is 1. The van der Waals surface area contributed by atoms with Crippen molar-refractivity contribution in [3.8, 4) is 0 Å². The predicted molar refractivity (Wildman–Crippen MR) is 85.2 cm³/mol. The highest BCUT2D eigenvalue weighted by molar-refractivity contribution is 5.81. The van der Waals surface area contributed by atoms with Gasteiger partial charge >= 0.3 is 0 Å². The first kappa shape index (κ1) is 16.6. The van der Waals surface area contributed by atoms with Crippen LogP contribution in [0.2, 0.25) is 0 Å². The van der Waals surface area contributed by atoms with E-state index in [1.807, 2.05) is 0 Å². The van der Waals surface area contributed by atoms with Crippen LogP contribution in [0.5, 0.6) is 0 Å². The van der Waals surface area contributed by atoms with Crippen LogP contribution < -0.4 is 5.73 Å². The molecule has 0 unspecified atom stereocenters. The Morgan fingerprint density at radius 1 is 1.32 bits per heavy atom. The Bertz CT molecular complexity index is 781. The smallest absolute Gasteiger partial charge is 0.167 e. The molecule has 4 N–H and O–H groups in total. The fourth-order valence-corrected chi connectivity index (χ4v) is 3.47. The first-order chi connectivity index (χ1) is 11.9. The Hall–Kier alpha value is -1.85. The largest absolute Gasteiger partial charge is 0.394 e. The lowest BCUT2D eigenvalue weighted by molar-refractivity contribution is -0.194. The molecule has 2 fully saturated rings. The minimum absolute atomic E-state index is 0.261. The molecule has 0 aromatic carbocycles. The molecule has 10 nitrogen and oxygen atoms in total. The summed E-state index contributed by atoms with van der Waals surface area (Å²) in [6.45, 7) is 3.28. The van der Waals surface area contributed by atoms with E-state index in [1.165, 1.54) is 12.7 Å². The molecule has 2 aromatic heterocycles. The molecule has 0 amide bonds. The van der Waals surface area contributed by atoms with Crippen molar-refractivity contribution in [3.05, 3.63) is 12.7 Å². The summed E-state index contributed by atoms with van der Waals surface area (Å²) in [5.41, 5.74) is 6.79. The van der Waals surface area contributed by atoms with Crippen LogP contribution >= 0.6 is 0 Å². The molecule has 136 valence electrons. The van der Waals surface area contributed by atoms with Gasteiger partial charge in [0.15, 0.2) is 23.5 Å². The zero-order chi connectivity index (χ0) is 17.8. The van der Waals surface area contributed by atoms with Gasteiger partial charge in [-0.1, -0.05) is 0 Å². The normalized spacial score (nSPS) is 34.8. The van der Waals surface area contributed by atoms with Crippen molar-refractivity contribution in [1.82, 2.24) is 19.5 Å². The second kappa shape index (κ2) is 5.85. The summed E-state index contributed by atoms with van der Waals surface area (Å²) in [7, 11) is 0. The first-order valence-electron chi connectivity index (χ1n) is 8.12. The average molecular weight is 351 g/mol.